The Labute approximate surface area is 189 Å². The second-order valence-electron chi connectivity index (χ2n) is 7.39. The first-order valence-corrected chi connectivity index (χ1v) is 10.5. The number of rotatable bonds is 11. The van der Waals surface area contributed by atoms with Crippen LogP contribution >= 0.6 is 0 Å². The molecule has 0 spiro atoms. The molecule has 0 saturated heterocycles. The Balaban J connectivity index is 1.87. The van der Waals surface area contributed by atoms with E-state index in [0.717, 1.165) is 29.9 Å². The van der Waals surface area contributed by atoms with Crippen LogP contribution in [-0.4, -0.2) is 41.4 Å². The molecule has 0 unspecified atom stereocenters. The third kappa shape index (κ3) is 5.58. The van der Waals surface area contributed by atoms with E-state index in [2.05, 4.69) is 5.32 Å². The van der Waals surface area contributed by atoms with Crippen LogP contribution in [0.4, 0.5) is 20.2 Å². The van der Waals surface area contributed by atoms with Gasteiger partial charge in [0.2, 0.25) is 0 Å². The van der Waals surface area contributed by atoms with Gasteiger partial charge in [-0.05, 0) is 42.7 Å². The van der Waals surface area contributed by atoms with Crippen LogP contribution in [-0.2, 0) is 14.3 Å². The standard InChI is InChI=1S/C23H23F2N3O5/c1-2-3-12-33-13-4-11-27-22(29)20(15-5-8-17(9-6-15)28(31)32)21(23(27)30)26-16-7-10-18(24)19(25)14-16/h5-10,14,26H,2-4,11-13H2,1H3. The van der Waals surface area contributed by atoms with Crippen molar-refractivity contribution in [2.75, 3.05) is 25.1 Å². The van der Waals surface area contributed by atoms with Gasteiger partial charge in [0.1, 0.15) is 5.70 Å². The predicted octanol–water partition coefficient (Wildman–Crippen LogP) is 4.27. The van der Waals surface area contributed by atoms with Gasteiger partial charge in [-0.3, -0.25) is 24.6 Å². The molecule has 0 atom stereocenters. The number of unbranched alkanes of at least 4 members (excludes halogenated alkanes) is 1. The summed E-state index contributed by atoms with van der Waals surface area (Å²) in [7, 11) is 0. The fraction of sp³-hybridized carbons (Fsp3) is 0.304. The molecule has 1 N–H and O–H groups in total. The fourth-order valence-electron chi connectivity index (χ4n) is 3.30. The number of hydrogen-bond acceptors (Lipinski definition) is 6. The molecule has 0 radical (unpaired) electrons. The minimum absolute atomic E-state index is 0.00784. The molecule has 0 saturated carbocycles. The molecule has 2 aromatic rings. The monoisotopic (exact) mass is 459 g/mol. The summed E-state index contributed by atoms with van der Waals surface area (Å²) < 4.78 is 32.4. The van der Waals surface area contributed by atoms with Gasteiger partial charge in [0.05, 0.1) is 10.5 Å². The highest BCUT2D eigenvalue weighted by atomic mass is 19.2. The van der Waals surface area contributed by atoms with Crippen molar-refractivity contribution in [1.29, 1.82) is 0 Å². The van der Waals surface area contributed by atoms with Crippen molar-refractivity contribution in [3.63, 3.8) is 0 Å². The van der Waals surface area contributed by atoms with Crippen molar-refractivity contribution in [2.24, 2.45) is 0 Å². The first kappa shape index (κ1) is 24.0. The first-order chi connectivity index (χ1) is 15.8. The lowest BCUT2D eigenvalue weighted by atomic mass is 10.0. The molecule has 10 heteroatoms. The number of nitrogens with one attached hydrogen (secondary N) is 1. The van der Waals surface area contributed by atoms with E-state index in [0.29, 0.717) is 19.6 Å². The summed E-state index contributed by atoms with van der Waals surface area (Å²) in [4.78, 5) is 37.6. The summed E-state index contributed by atoms with van der Waals surface area (Å²) in [5.41, 5.74) is 0.0607. The Kier molecular flexibility index (Phi) is 7.83. The molecule has 0 aliphatic carbocycles. The largest absolute Gasteiger partial charge is 0.381 e. The van der Waals surface area contributed by atoms with E-state index in [1.54, 1.807) is 0 Å². The van der Waals surface area contributed by atoms with E-state index in [1.165, 1.54) is 30.3 Å². The van der Waals surface area contributed by atoms with E-state index in [1.807, 2.05) is 6.92 Å². The summed E-state index contributed by atoms with van der Waals surface area (Å²) in [5, 5.41) is 13.7. The van der Waals surface area contributed by atoms with Crippen molar-refractivity contribution >= 4 is 28.8 Å². The van der Waals surface area contributed by atoms with Gasteiger partial charge in [0, 0.05) is 43.6 Å². The van der Waals surface area contributed by atoms with Gasteiger partial charge in [-0.1, -0.05) is 13.3 Å². The van der Waals surface area contributed by atoms with E-state index >= 15 is 0 Å². The lowest BCUT2D eigenvalue weighted by Gasteiger charge is -2.15. The third-order valence-corrected chi connectivity index (χ3v) is 5.04. The van der Waals surface area contributed by atoms with E-state index in [9.17, 15) is 28.5 Å². The molecular formula is C23H23F2N3O5. The Morgan fingerprint density at radius 2 is 1.70 bits per heavy atom. The highest BCUT2D eigenvalue weighted by molar-refractivity contribution is 6.36. The van der Waals surface area contributed by atoms with Crippen molar-refractivity contribution in [3.8, 4) is 0 Å². The van der Waals surface area contributed by atoms with Crippen molar-refractivity contribution in [2.45, 2.75) is 26.2 Å². The highest BCUT2D eigenvalue weighted by Gasteiger charge is 2.39. The number of nitrogens with zero attached hydrogens (tertiary/aromatic N) is 2. The number of benzene rings is 2. The number of hydrogen-bond donors (Lipinski definition) is 1. The summed E-state index contributed by atoms with van der Waals surface area (Å²) in [5.74, 6) is -3.39. The van der Waals surface area contributed by atoms with Crippen LogP contribution in [0, 0.1) is 21.7 Å². The molecule has 33 heavy (non-hydrogen) atoms. The van der Waals surface area contributed by atoms with Crippen molar-refractivity contribution in [3.05, 3.63) is 75.5 Å². The molecule has 8 nitrogen and oxygen atoms in total. The number of carbonyl (C=O) groups excluding carboxylic acids is 2. The number of nitro groups is 1. The van der Waals surface area contributed by atoms with E-state index in [-0.39, 0.29) is 34.8 Å². The lowest BCUT2D eigenvalue weighted by molar-refractivity contribution is -0.384. The van der Waals surface area contributed by atoms with Gasteiger partial charge < -0.3 is 10.1 Å². The maximum atomic E-state index is 13.7. The molecule has 2 aromatic carbocycles. The molecule has 1 aliphatic heterocycles. The maximum absolute atomic E-state index is 13.7. The number of anilines is 1. The molecule has 0 fully saturated rings. The molecule has 0 bridgehead atoms. The maximum Gasteiger partial charge on any atom is 0.278 e. The normalized spacial score (nSPS) is 13.7. The van der Waals surface area contributed by atoms with Gasteiger partial charge in [-0.25, -0.2) is 8.78 Å². The molecule has 3 rings (SSSR count). The minimum Gasteiger partial charge on any atom is -0.381 e. The Morgan fingerprint density at radius 1 is 1.00 bits per heavy atom. The lowest BCUT2D eigenvalue weighted by Crippen LogP contribution is -2.34. The van der Waals surface area contributed by atoms with Gasteiger partial charge >= 0.3 is 0 Å². The predicted molar refractivity (Wildman–Crippen MR) is 117 cm³/mol. The second kappa shape index (κ2) is 10.8. The Hall–Kier alpha value is -3.66. The van der Waals surface area contributed by atoms with Crippen LogP contribution in [0.2, 0.25) is 0 Å². The first-order valence-electron chi connectivity index (χ1n) is 10.5. The molecule has 2 amide bonds. The summed E-state index contributed by atoms with van der Waals surface area (Å²) >= 11 is 0. The van der Waals surface area contributed by atoms with Gasteiger partial charge in [-0.2, -0.15) is 0 Å². The number of halogens is 2. The summed E-state index contributed by atoms with van der Waals surface area (Å²) in [6.45, 7) is 3.10. The van der Waals surface area contributed by atoms with Crippen LogP contribution in [0.1, 0.15) is 31.7 Å². The molecule has 1 aliphatic rings. The van der Waals surface area contributed by atoms with Crippen molar-refractivity contribution < 1.29 is 28.0 Å². The van der Waals surface area contributed by atoms with Crippen LogP contribution in [0.25, 0.3) is 5.57 Å². The number of amides is 2. The zero-order valence-electron chi connectivity index (χ0n) is 18.0. The van der Waals surface area contributed by atoms with Crippen molar-refractivity contribution in [1.82, 2.24) is 4.90 Å². The quantitative estimate of drug-likeness (QED) is 0.233. The van der Waals surface area contributed by atoms with Crippen LogP contribution < -0.4 is 5.32 Å². The fourth-order valence-corrected chi connectivity index (χ4v) is 3.30. The molecule has 1 heterocycles. The van der Waals surface area contributed by atoms with Gasteiger partial charge in [-0.15, -0.1) is 0 Å². The molecule has 174 valence electrons. The SMILES string of the molecule is CCCCOCCCN1C(=O)C(Nc2ccc(F)c(F)c2)=C(c2ccc([N+](=O)[O-])cc2)C1=O. The van der Waals surface area contributed by atoms with Crippen LogP contribution in [0.3, 0.4) is 0 Å². The van der Waals surface area contributed by atoms with Gasteiger partial charge in [0.15, 0.2) is 11.6 Å². The van der Waals surface area contributed by atoms with Gasteiger partial charge in [0.25, 0.3) is 17.5 Å². The smallest absolute Gasteiger partial charge is 0.278 e. The molecule has 0 aromatic heterocycles. The number of imide groups is 1. The number of ether oxygens (including phenoxy) is 1. The number of carbonyl (C=O) groups is 2. The third-order valence-electron chi connectivity index (χ3n) is 5.04. The van der Waals surface area contributed by atoms with E-state index < -0.39 is 28.4 Å². The average Bonchev–Trinajstić information content (AvgIpc) is 3.02. The summed E-state index contributed by atoms with van der Waals surface area (Å²) in [6.07, 6.45) is 2.33. The van der Waals surface area contributed by atoms with Crippen LogP contribution in [0.5, 0.6) is 0 Å². The van der Waals surface area contributed by atoms with E-state index in [4.69, 9.17) is 4.74 Å². The minimum atomic E-state index is -1.12. The second-order valence-corrected chi connectivity index (χ2v) is 7.39. The topological polar surface area (TPSA) is 102 Å². The zero-order chi connectivity index (χ0) is 24.0. The number of nitro benzene ring substituents is 1. The Morgan fingerprint density at radius 3 is 2.33 bits per heavy atom. The Bertz CT molecular complexity index is 1090. The zero-order valence-corrected chi connectivity index (χ0v) is 18.0. The van der Waals surface area contributed by atoms with Crippen LogP contribution in [0.15, 0.2) is 48.2 Å². The number of non-ortho nitro benzene ring substituents is 1. The molecular weight excluding hydrogens is 436 g/mol. The summed E-state index contributed by atoms with van der Waals surface area (Å²) in [6, 6.07) is 8.18. The average molecular weight is 459 g/mol. The highest BCUT2D eigenvalue weighted by Crippen LogP contribution is 2.31.